The van der Waals surface area contributed by atoms with Gasteiger partial charge in [0, 0.05) is 28.9 Å². The number of aryl methyl sites for hydroxylation is 2. The van der Waals surface area contributed by atoms with Crippen molar-refractivity contribution in [2.24, 2.45) is 0 Å². The zero-order valence-corrected chi connectivity index (χ0v) is 19.1. The van der Waals surface area contributed by atoms with Crippen molar-refractivity contribution < 1.29 is 19.2 Å². The van der Waals surface area contributed by atoms with Crippen LogP contribution in [-0.4, -0.2) is 26.0 Å². The number of nitrogens with zero attached hydrogens (tertiary/aromatic N) is 2. The highest BCUT2D eigenvalue weighted by atomic mass is 32.1. The highest BCUT2D eigenvalue weighted by Crippen LogP contribution is 2.33. The quantitative estimate of drug-likeness (QED) is 0.206. The Morgan fingerprint density at radius 3 is 2.68 bits per heavy atom. The van der Waals surface area contributed by atoms with E-state index in [0.29, 0.717) is 27.9 Å². The van der Waals surface area contributed by atoms with Gasteiger partial charge in [0.2, 0.25) is 5.89 Å². The highest BCUT2D eigenvalue weighted by molar-refractivity contribution is 7.80. The largest absolute Gasteiger partial charge is 0.507 e. The van der Waals surface area contributed by atoms with Gasteiger partial charge in [-0.3, -0.25) is 20.2 Å². The average Bonchev–Trinajstić information content (AvgIpc) is 3.21. The lowest BCUT2D eigenvalue weighted by atomic mass is 10.1. The van der Waals surface area contributed by atoms with Crippen molar-refractivity contribution in [3.8, 4) is 17.2 Å². The number of carbonyl (C=O) groups is 1. The first kappa shape index (κ1) is 22.9. The molecule has 0 fully saturated rings. The number of anilines is 1. The van der Waals surface area contributed by atoms with Crippen LogP contribution in [0.5, 0.6) is 5.75 Å². The molecule has 0 spiro atoms. The molecule has 0 saturated carbocycles. The summed E-state index contributed by atoms with van der Waals surface area (Å²) in [4.78, 5) is 27.5. The van der Waals surface area contributed by atoms with Crippen molar-refractivity contribution in [2.45, 2.75) is 20.3 Å². The van der Waals surface area contributed by atoms with Crippen molar-refractivity contribution in [3.63, 3.8) is 0 Å². The minimum atomic E-state index is -0.598. The predicted molar refractivity (Wildman–Crippen MR) is 132 cm³/mol. The molecular weight excluding hydrogens is 456 g/mol. The first-order valence-electron chi connectivity index (χ1n) is 10.4. The van der Waals surface area contributed by atoms with Crippen molar-refractivity contribution in [1.82, 2.24) is 10.3 Å². The Balaban J connectivity index is 1.47. The van der Waals surface area contributed by atoms with Crippen LogP contribution in [0.25, 0.3) is 22.6 Å². The summed E-state index contributed by atoms with van der Waals surface area (Å²) in [6.07, 6.45) is 0.876. The van der Waals surface area contributed by atoms with Crippen LogP contribution in [0.2, 0.25) is 0 Å². The van der Waals surface area contributed by atoms with E-state index in [2.05, 4.69) is 22.5 Å². The van der Waals surface area contributed by atoms with E-state index >= 15 is 0 Å². The molecule has 0 bridgehead atoms. The van der Waals surface area contributed by atoms with Crippen LogP contribution < -0.4 is 10.6 Å². The Hall–Kier alpha value is -4.31. The summed E-state index contributed by atoms with van der Waals surface area (Å²) in [6, 6.07) is 14.6. The van der Waals surface area contributed by atoms with Gasteiger partial charge in [-0.2, -0.15) is 0 Å². The molecule has 0 atom stereocenters. The Morgan fingerprint density at radius 1 is 1.18 bits per heavy atom. The second-order valence-electron chi connectivity index (χ2n) is 7.57. The third-order valence-electron chi connectivity index (χ3n) is 5.24. The molecule has 9 nitrogen and oxygen atoms in total. The average molecular weight is 477 g/mol. The number of aromatic nitrogens is 1. The Bertz CT molecular complexity index is 1450. The Labute approximate surface area is 199 Å². The summed E-state index contributed by atoms with van der Waals surface area (Å²) < 4.78 is 5.77. The lowest BCUT2D eigenvalue weighted by molar-refractivity contribution is -0.385. The van der Waals surface area contributed by atoms with E-state index in [1.165, 1.54) is 24.3 Å². The van der Waals surface area contributed by atoms with Gasteiger partial charge >= 0.3 is 0 Å². The SMILES string of the molecule is CCc1ccc2oc(-c3ccc(NC(=S)NC(=O)c4ccc(C)c([N+](=O)[O-])c4)cc3O)nc2c1. The van der Waals surface area contributed by atoms with Gasteiger partial charge in [-0.25, -0.2) is 4.98 Å². The summed E-state index contributed by atoms with van der Waals surface area (Å²) in [5.41, 5.74) is 3.67. The lowest BCUT2D eigenvalue weighted by Gasteiger charge is -2.11. The second kappa shape index (κ2) is 9.28. The molecule has 4 aromatic rings. The number of hydrogen-bond acceptors (Lipinski definition) is 7. The molecule has 0 saturated heterocycles. The summed E-state index contributed by atoms with van der Waals surface area (Å²) in [6.45, 7) is 3.64. The topological polar surface area (TPSA) is 131 Å². The Kier molecular flexibility index (Phi) is 6.24. The third-order valence-corrected chi connectivity index (χ3v) is 5.45. The maximum atomic E-state index is 12.4. The van der Waals surface area contributed by atoms with Crippen molar-refractivity contribution in [3.05, 3.63) is 81.4 Å². The number of oxazole rings is 1. The standard InChI is InChI=1S/C24H20N4O5S/c1-3-14-5-9-21-18(10-14)26-23(33-21)17-8-7-16(12-20(17)29)25-24(34)27-22(30)15-6-4-13(2)19(11-15)28(31)32/h4-12,29H,3H2,1-2H3,(H2,25,27,30,34). The van der Waals surface area contributed by atoms with Crippen LogP contribution in [0, 0.1) is 17.0 Å². The fraction of sp³-hybridized carbons (Fsp3) is 0.125. The molecule has 172 valence electrons. The predicted octanol–water partition coefficient (Wildman–Crippen LogP) is 5.11. The van der Waals surface area contributed by atoms with Crippen molar-refractivity contribution >= 4 is 45.7 Å². The number of aromatic hydroxyl groups is 1. The second-order valence-corrected chi connectivity index (χ2v) is 7.98. The van der Waals surface area contributed by atoms with Gasteiger partial charge < -0.3 is 14.8 Å². The number of phenolic OH excluding ortho intramolecular Hbond substituents is 1. The zero-order valence-electron chi connectivity index (χ0n) is 18.3. The van der Waals surface area contributed by atoms with E-state index in [4.69, 9.17) is 16.6 Å². The summed E-state index contributed by atoms with van der Waals surface area (Å²) in [5.74, 6) is -0.404. The van der Waals surface area contributed by atoms with Crippen molar-refractivity contribution in [1.29, 1.82) is 0 Å². The minimum absolute atomic E-state index is 0.0330. The summed E-state index contributed by atoms with van der Waals surface area (Å²) >= 11 is 5.17. The molecule has 0 aliphatic heterocycles. The van der Waals surface area contributed by atoms with Crippen LogP contribution >= 0.6 is 12.2 Å². The highest BCUT2D eigenvalue weighted by Gasteiger charge is 2.17. The number of rotatable bonds is 5. The van der Waals surface area contributed by atoms with Gasteiger partial charge in [0.1, 0.15) is 11.3 Å². The van der Waals surface area contributed by atoms with Gasteiger partial charge in [0.05, 0.1) is 10.5 Å². The van der Waals surface area contributed by atoms with E-state index in [9.17, 15) is 20.0 Å². The Morgan fingerprint density at radius 2 is 1.97 bits per heavy atom. The minimum Gasteiger partial charge on any atom is -0.507 e. The summed E-state index contributed by atoms with van der Waals surface area (Å²) in [5, 5.41) is 26.9. The van der Waals surface area contributed by atoms with Gasteiger partial charge in [-0.1, -0.05) is 19.1 Å². The number of phenols is 1. The van der Waals surface area contributed by atoms with E-state index in [1.807, 2.05) is 18.2 Å². The van der Waals surface area contributed by atoms with Gasteiger partial charge in [0.25, 0.3) is 11.6 Å². The molecule has 0 aliphatic carbocycles. The number of carbonyl (C=O) groups excluding carboxylic acids is 1. The van der Waals surface area contributed by atoms with Gasteiger partial charge in [0.15, 0.2) is 10.7 Å². The number of nitrogens with one attached hydrogen (secondary N) is 2. The number of nitro benzene ring substituents is 1. The third kappa shape index (κ3) is 4.71. The number of amides is 1. The molecule has 1 aromatic heterocycles. The van der Waals surface area contributed by atoms with Crippen molar-refractivity contribution in [2.75, 3.05) is 5.32 Å². The van der Waals surface area contributed by atoms with Gasteiger partial charge in [-0.15, -0.1) is 0 Å². The molecule has 0 radical (unpaired) electrons. The number of thiocarbonyl (C=S) groups is 1. The molecular formula is C24H20N4O5S. The monoisotopic (exact) mass is 476 g/mol. The number of fused-ring (bicyclic) bond motifs is 1. The van der Waals surface area contributed by atoms with E-state index in [1.54, 1.807) is 19.1 Å². The van der Waals surface area contributed by atoms with Crippen LogP contribution in [0.1, 0.15) is 28.4 Å². The van der Waals surface area contributed by atoms with E-state index in [0.717, 1.165) is 12.0 Å². The lowest BCUT2D eigenvalue weighted by Crippen LogP contribution is -2.34. The molecule has 34 heavy (non-hydrogen) atoms. The summed E-state index contributed by atoms with van der Waals surface area (Å²) in [7, 11) is 0. The first-order valence-corrected chi connectivity index (χ1v) is 10.8. The molecule has 3 aromatic carbocycles. The maximum Gasteiger partial charge on any atom is 0.273 e. The normalized spacial score (nSPS) is 10.8. The van der Waals surface area contributed by atoms with Gasteiger partial charge in [-0.05, 0) is 61.5 Å². The molecule has 10 heteroatoms. The van der Waals surface area contributed by atoms with E-state index in [-0.39, 0.29) is 28.0 Å². The fourth-order valence-electron chi connectivity index (χ4n) is 3.38. The molecule has 0 aliphatic rings. The van der Waals surface area contributed by atoms with Crippen LogP contribution in [0.4, 0.5) is 11.4 Å². The van der Waals surface area contributed by atoms with Crippen LogP contribution in [0.15, 0.2) is 59.0 Å². The fourth-order valence-corrected chi connectivity index (χ4v) is 3.59. The molecule has 1 heterocycles. The smallest absolute Gasteiger partial charge is 0.273 e. The molecule has 3 N–H and O–H groups in total. The first-order chi connectivity index (χ1) is 16.2. The molecule has 0 unspecified atom stereocenters. The van der Waals surface area contributed by atoms with Crippen LogP contribution in [-0.2, 0) is 6.42 Å². The maximum absolute atomic E-state index is 12.4. The molecule has 4 rings (SSSR count). The number of benzene rings is 3. The van der Waals surface area contributed by atoms with Crippen LogP contribution in [0.3, 0.4) is 0 Å². The van der Waals surface area contributed by atoms with E-state index < -0.39 is 10.8 Å². The number of nitro groups is 1. The zero-order chi connectivity index (χ0) is 24.4. The molecule has 1 amide bonds. The number of hydrogen-bond donors (Lipinski definition) is 3.